The van der Waals surface area contributed by atoms with E-state index < -0.39 is 5.91 Å². The number of benzene rings is 3. The number of para-hydroxylation sites is 1. The summed E-state index contributed by atoms with van der Waals surface area (Å²) >= 11 is 3.25. The van der Waals surface area contributed by atoms with Crippen molar-refractivity contribution in [2.45, 2.75) is 24.0 Å². The zero-order valence-electron chi connectivity index (χ0n) is 21.5. The van der Waals surface area contributed by atoms with Gasteiger partial charge in [-0.15, -0.1) is 23.1 Å². The highest BCUT2D eigenvalue weighted by molar-refractivity contribution is 7.99. The van der Waals surface area contributed by atoms with E-state index in [9.17, 15) is 14.4 Å². The van der Waals surface area contributed by atoms with Gasteiger partial charge in [0.1, 0.15) is 16.9 Å². The van der Waals surface area contributed by atoms with Gasteiger partial charge in [0, 0.05) is 52.4 Å². The van der Waals surface area contributed by atoms with Gasteiger partial charge in [-0.2, -0.15) is 0 Å². The fourth-order valence-corrected chi connectivity index (χ4v) is 6.95. The molecule has 1 aromatic heterocycles. The number of primary amides is 1. The summed E-state index contributed by atoms with van der Waals surface area (Å²) in [6.45, 7) is 4.62. The third kappa shape index (κ3) is 5.07. The molecule has 2 aliphatic heterocycles. The summed E-state index contributed by atoms with van der Waals surface area (Å²) in [5, 5.41) is 3.78. The van der Waals surface area contributed by atoms with Crippen molar-refractivity contribution < 1.29 is 19.1 Å². The van der Waals surface area contributed by atoms with Crippen LogP contribution < -0.4 is 15.8 Å². The predicted molar refractivity (Wildman–Crippen MR) is 157 cm³/mol. The molecule has 3 heterocycles. The number of ether oxygens (including phenoxy) is 1. The van der Waals surface area contributed by atoms with E-state index in [0.717, 1.165) is 49.2 Å². The van der Waals surface area contributed by atoms with Gasteiger partial charge in [-0.05, 0) is 42.0 Å². The van der Waals surface area contributed by atoms with Gasteiger partial charge in [-0.1, -0.05) is 30.8 Å². The highest BCUT2D eigenvalue weighted by atomic mass is 32.2. The van der Waals surface area contributed by atoms with E-state index in [0.29, 0.717) is 24.2 Å². The number of carbonyl (C=O) groups is 3. The molecular formula is C30H26N4O4S2. The molecule has 6 rings (SSSR count). The van der Waals surface area contributed by atoms with E-state index in [1.54, 1.807) is 28.8 Å². The number of thioether (sulfide) groups is 1. The number of amides is 3. The Morgan fingerprint density at radius 2 is 1.95 bits per heavy atom. The number of aromatic nitrogens is 1. The van der Waals surface area contributed by atoms with Crippen LogP contribution >= 0.6 is 23.1 Å². The predicted octanol–water partition coefficient (Wildman–Crippen LogP) is 4.63. The van der Waals surface area contributed by atoms with Crippen LogP contribution in [-0.4, -0.2) is 52.6 Å². The zero-order valence-corrected chi connectivity index (χ0v) is 23.1. The lowest BCUT2D eigenvalue weighted by Crippen LogP contribution is -2.31. The summed E-state index contributed by atoms with van der Waals surface area (Å²) < 4.78 is 6.95. The fourth-order valence-electron chi connectivity index (χ4n) is 4.86. The van der Waals surface area contributed by atoms with Crippen LogP contribution in [0.15, 0.2) is 77.7 Å². The first-order valence-corrected chi connectivity index (χ1v) is 14.6. The standard InChI is InChI=1S/C30H26N4O4S2/c1-17(27(31)35)14-34-15-22-20(5-4-6-21(22)30(34)37)29-33-23-10-9-18(13-26(23)40-29)28(36)32-12-11-19-16-39-25-8-3-2-7-24(25)38-19/h2-10,13,19H,1,11-12,14-16H2,(H2,31,35)(H,32,36). The molecule has 0 bridgehead atoms. The number of nitrogens with zero attached hydrogens (tertiary/aromatic N) is 2. The third-order valence-corrected chi connectivity index (χ3v) is 9.21. The van der Waals surface area contributed by atoms with Crippen LogP contribution in [0.1, 0.15) is 32.7 Å². The van der Waals surface area contributed by atoms with Crippen LogP contribution in [0.2, 0.25) is 0 Å². The molecule has 1 unspecified atom stereocenters. The molecule has 8 nitrogen and oxygen atoms in total. The Bertz CT molecular complexity index is 1680. The monoisotopic (exact) mass is 570 g/mol. The highest BCUT2D eigenvalue weighted by Gasteiger charge is 2.31. The number of thiazole rings is 1. The zero-order chi connectivity index (χ0) is 27.8. The maximum Gasteiger partial charge on any atom is 0.254 e. The Balaban J connectivity index is 1.14. The lowest BCUT2D eigenvalue weighted by molar-refractivity contribution is -0.114. The molecule has 10 heteroatoms. The lowest BCUT2D eigenvalue weighted by atomic mass is 10.0. The van der Waals surface area contributed by atoms with Gasteiger partial charge >= 0.3 is 0 Å². The van der Waals surface area contributed by atoms with Gasteiger partial charge < -0.3 is 20.7 Å². The van der Waals surface area contributed by atoms with Crippen LogP contribution in [0.5, 0.6) is 5.75 Å². The van der Waals surface area contributed by atoms with Crippen molar-refractivity contribution in [1.29, 1.82) is 0 Å². The van der Waals surface area contributed by atoms with Crippen LogP contribution in [-0.2, 0) is 11.3 Å². The Morgan fingerprint density at radius 3 is 2.80 bits per heavy atom. The molecule has 0 spiro atoms. The summed E-state index contributed by atoms with van der Waals surface area (Å²) in [4.78, 5) is 44.8. The summed E-state index contributed by atoms with van der Waals surface area (Å²) in [5.41, 5.74) is 9.14. The average molecular weight is 571 g/mol. The Labute approximate surface area is 239 Å². The molecule has 0 saturated carbocycles. The molecule has 0 aliphatic carbocycles. The molecule has 3 aromatic carbocycles. The van der Waals surface area contributed by atoms with E-state index in [1.165, 1.54) is 11.3 Å². The minimum absolute atomic E-state index is 0.0519. The van der Waals surface area contributed by atoms with Crippen molar-refractivity contribution in [2.75, 3.05) is 18.8 Å². The van der Waals surface area contributed by atoms with Crippen LogP contribution in [0.25, 0.3) is 20.8 Å². The van der Waals surface area contributed by atoms with Gasteiger partial charge in [0.25, 0.3) is 11.8 Å². The van der Waals surface area contributed by atoms with Gasteiger partial charge in [0.2, 0.25) is 5.91 Å². The van der Waals surface area contributed by atoms with E-state index in [-0.39, 0.29) is 30.0 Å². The van der Waals surface area contributed by atoms with E-state index in [2.05, 4.69) is 18.0 Å². The maximum absolute atomic E-state index is 12.9. The molecule has 40 heavy (non-hydrogen) atoms. The molecule has 0 fully saturated rings. The molecule has 2 aliphatic rings. The lowest BCUT2D eigenvalue weighted by Gasteiger charge is -2.25. The van der Waals surface area contributed by atoms with E-state index >= 15 is 0 Å². The molecule has 0 radical (unpaired) electrons. The summed E-state index contributed by atoms with van der Waals surface area (Å²) in [5.74, 6) is 0.827. The number of nitrogens with two attached hydrogens (primary N) is 1. The third-order valence-electron chi connectivity index (χ3n) is 6.97. The molecule has 0 saturated heterocycles. The molecular weight excluding hydrogens is 544 g/mol. The summed E-state index contributed by atoms with van der Waals surface area (Å²) in [6.07, 6.45) is 0.776. The van der Waals surface area contributed by atoms with Crippen molar-refractivity contribution >= 4 is 51.0 Å². The first-order valence-electron chi connectivity index (χ1n) is 12.8. The molecule has 1 atom stereocenters. The second-order valence-corrected chi connectivity index (χ2v) is 11.8. The highest BCUT2D eigenvalue weighted by Crippen LogP contribution is 2.38. The smallest absolute Gasteiger partial charge is 0.254 e. The van der Waals surface area contributed by atoms with Crippen molar-refractivity contribution in [2.24, 2.45) is 5.73 Å². The Kier molecular flexibility index (Phi) is 7.03. The van der Waals surface area contributed by atoms with Crippen LogP contribution in [0, 0.1) is 0 Å². The van der Waals surface area contributed by atoms with Gasteiger partial charge in [0.15, 0.2) is 0 Å². The SMILES string of the molecule is C=C(CN1Cc2c(cccc2-c2nc3ccc(C(=O)NCCC4CSc5ccccc5O4)cc3s2)C1=O)C(N)=O. The van der Waals surface area contributed by atoms with Crippen LogP contribution in [0.4, 0.5) is 0 Å². The number of rotatable bonds is 8. The number of hydrogen-bond acceptors (Lipinski definition) is 7. The van der Waals surface area contributed by atoms with E-state index in [1.807, 2.05) is 42.5 Å². The number of carbonyl (C=O) groups excluding carboxylic acids is 3. The van der Waals surface area contributed by atoms with Crippen LogP contribution in [0.3, 0.4) is 0 Å². The number of hydrogen-bond donors (Lipinski definition) is 2. The molecule has 202 valence electrons. The largest absolute Gasteiger partial charge is 0.488 e. The summed E-state index contributed by atoms with van der Waals surface area (Å²) in [7, 11) is 0. The minimum atomic E-state index is -0.623. The Morgan fingerprint density at radius 1 is 1.12 bits per heavy atom. The van der Waals surface area contributed by atoms with Gasteiger partial charge in [0.05, 0.1) is 16.8 Å². The number of fused-ring (bicyclic) bond motifs is 3. The van der Waals surface area contributed by atoms with Crippen molar-refractivity contribution in [3.05, 3.63) is 89.5 Å². The van der Waals surface area contributed by atoms with Crippen molar-refractivity contribution in [3.63, 3.8) is 0 Å². The number of nitrogens with one attached hydrogen (secondary N) is 1. The Hall–Kier alpha value is -4.15. The second-order valence-electron chi connectivity index (χ2n) is 9.70. The van der Waals surface area contributed by atoms with Gasteiger partial charge in [-0.3, -0.25) is 14.4 Å². The first kappa shape index (κ1) is 26.1. The maximum atomic E-state index is 12.9. The normalized spacial score (nSPS) is 15.8. The molecule has 3 amide bonds. The quantitative estimate of drug-likeness (QED) is 0.299. The molecule has 4 aromatic rings. The average Bonchev–Trinajstić information content (AvgIpc) is 3.53. The second kappa shape index (κ2) is 10.8. The fraction of sp³-hybridized carbons (Fsp3) is 0.200. The van der Waals surface area contributed by atoms with Crippen molar-refractivity contribution in [1.82, 2.24) is 15.2 Å². The van der Waals surface area contributed by atoms with Gasteiger partial charge in [-0.25, -0.2) is 4.98 Å². The van der Waals surface area contributed by atoms with E-state index in [4.69, 9.17) is 15.5 Å². The molecule has 3 N–H and O–H groups in total. The topological polar surface area (TPSA) is 115 Å². The summed E-state index contributed by atoms with van der Waals surface area (Å²) in [6, 6.07) is 19.0. The first-order chi connectivity index (χ1) is 19.4. The minimum Gasteiger partial charge on any atom is -0.488 e. The van der Waals surface area contributed by atoms with Crippen molar-refractivity contribution in [3.8, 4) is 16.3 Å².